The number of aliphatic hydroxyl groups is 2. The maximum Gasteiger partial charge on any atom is 0.410 e. The molecular formula is C50H63N3O11. The molecule has 2 N–H and O–H groups in total. The molecular weight excluding hydrogens is 819 g/mol. The third kappa shape index (κ3) is 9.90. The monoisotopic (exact) mass is 881 g/mol. The van der Waals surface area contributed by atoms with E-state index in [1.807, 2.05) is 55.5 Å². The fourth-order valence-electron chi connectivity index (χ4n) is 10.2. The number of ether oxygens (including phenoxy) is 7. The normalized spacial score (nSPS) is 25.9. The summed E-state index contributed by atoms with van der Waals surface area (Å²) in [5.74, 6) is 0.408. The lowest BCUT2D eigenvalue weighted by molar-refractivity contribution is -0.256. The minimum absolute atomic E-state index is 0.0366. The number of nitrogens with zero attached hydrogens (tertiary/aromatic N) is 3. The number of carbonyl (C=O) groups excluding carboxylic acids is 1. The van der Waals surface area contributed by atoms with Crippen LogP contribution in [0.5, 0.6) is 23.0 Å². The number of aromatic nitrogens is 1. The Labute approximate surface area is 376 Å². The minimum Gasteiger partial charge on any atom is -0.487 e. The van der Waals surface area contributed by atoms with Gasteiger partial charge in [0.2, 0.25) is 18.9 Å². The number of fused-ring (bicyclic) bond motifs is 3. The molecule has 8 rings (SSSR count). The first-order valence-electron chi connectivity index (χ1n) is 23.1. The summed E-state index contributed by atoms with van der Waals surface area (Å²) in [6, 6.07) is 16.7. The van der Waals surface area contributed by atoms with Crippen LogP contribution < -0.4 is 18.9 Å². The number of pyridine rings is 1. The molecule has 1 aromatic heterocycles. The summed E-state index contributed by atoms with van der Waals surface area (Å²) >= 11 is 0. The van der Waals surface area contributed by atoms with Crippen LogP contribution in [0.3, 0.4) is 0 Å². The quantitative estimate of drug-likeness (QED) is 0.0634. The molecule has 0 radical (unpaired) electrons. The van der Waals surface area contributed by atoms with E-state index in [1.165, 1.54) is 0 Å². The van der Waals surface area contributed by atoms with Gasteiger partial charge in [-0.05, 0) is 118 Å². The predicted molar refractivity (Wildman–Crippen MR) is 238 cm³/mol. The van der Waals surface area contributed by atoms with Crippen LogP contribution in [0.2, 0.25) is 0 Å². The molecule has 3 aromatic rings. The van der Waals surface area contributed by atoms with Crippen molar-refractivity contribution >= 4 is 11.8 Å². The lowest BCUT2D eigenvalue weighted by atomic mass is 9.55. The molecule has 5 aliphatic rings. The Morgan fingerprint density at radius 2 is 1.84 bits per heavy atom. The van der Waals surface area contributed by atoms with Crippen LogP contribution in [-0.2, 0) is 32.2 Å². The Hall–Kier alpha value is -5.15. The first-order valence-corrected chi connectivity index (χ1v) is 23.1. The summed E-state index contributed by atoms with van der Waals surface area (Å²) in [5.41, 5.74) is 5.10. The number of aliphatic hydroxyl groups excluding tert-OH is 2. The van der Waals surface area contributed by atoms with Crippen LogP contribution in [-0.4, -0.2) is 89.8 Å². The lowest BCUT2D eigenvalue weighted by Crippen LogP contribution is -2.70. The van der Waals surface area contributed by atoms with Crippen LogP contribution in [0.4, 0.5) is 4.79 Å². The number of aryl methyl sites for hydroxylation is 1. The average Bonchev–Trinajstić information content (AvgIpc) is 3.79. The second-order valence-electron chi connectivity index (χ2n) is 17.2. The van der Waals surface area contributed by atoms with E-state index in [1.54, 1.807) is 17.9 Å². The molecule has 1 unspecified atom stereocenters. The average molecular weight is 882 g/mol. The van der Waals surface area contributed by atoms with Gasteiger partial charge >= 0.3 is 6.09 Å². The van der Waals surface area contributed by atoms with E-state index in [0.29, 0.717) is 54.6 Å². The molecule has 0 spiro atoms. The van der Waals surface area contributed by atoms with Gasteiger partial charge in [-0.3, -0.25) is 9.88 Å². The van der Waals surface area contributed by atoms with E-state index in [9.17, 15) is 15.0 Å². The second kappa shape index (κ2) is 21.2. The number of rotatable bonds is 20. The van der Waals surface area contributed by atoms with Crippen molar-refractivity contribution in [3.8, 4) is 23.0 Å². The number of hydrogen-bond acceptors (Lipinski definition) is 13. The predicted octanol–water partition coefficient (Wildman–Crippen LogP) is 8.52. The largest absolute Gasteiger partial charge is 0.487 e. The van der Waals surface area contributed by atoms with Gasteiger partial charge in [0.05, 0.1) is 37.1 Å². The molecule has 2 aliphatic carbocycles. The van der Waals surface area contributed by atoms with Crippen LogP contribution in [0.15, 0.2) is 84.1 Å². The Morgan fingerprint density at radius 3 is 2.62 bits per heavy atom. The van der Waals surface area contributed by atoms with E-state index >= 15 is 0 Å². The Balaban J connectivity index is 1.31. The van der Waals surface area contributed by atoms with Gasteiger partial charge in [-0.25, -0.2) is 4.79 Å². The van der Waals surface area contributed by atoms with Gasteiger partial charge in [0, 0.05) is 49.8 Å². The molecule has 3 aliphatic heterocycles. The number of amides is 1. The number of allylic oxidation sites excluding steroid dienone is 1. The summed E-state index contributed by atoms with van der Waals surface area (Å²) in [4.78, 5) is 27.3. The fourth-order valence-corrected chi connectivity index (χ4v) is 10.2. The second-order valence-corrected chi connectivity index (χ2v) is 17.2. The van der Waals surface area contributed by atoms with Crippen LogP contribution in [0.1, 0.15) is 99.6 Å². The fraction of sp³-hybridized carbons (Fsp3) is 0.540. The zero-order valence-electron chi connectivity index (χ0n) is 37.2. The van der Waals surface area contributed by atoms with Crippen LogP contribution >= 0.6 is 0 Å². The van der Waals surface area contributed by atoms with Gasteiger partial charge in [0.25, 0.3) is 0 Å². The number of benzene rings is 2. The highest BCUT2D eigenvalue weighted by Crippen LogP contribution is 2.62. The van der Waals surface area contributed by atoms with Crippen molar-refractivity contribution in [2.75, 3.05) is 39.8 Å². The van der Waals surface area contributed by atoms with E-state index in [0.717, 1.165) is 66.6 Å². The van der Waals surface area contributed by atoms with Gasteiger partial charge in [0.15, 0.2) is 11.5 Å². The maximum atomic E-state index is 14.6. The lowest BCUT2D eigenvalue weighted by Gasteiger charge is -2.59. The molecule has 2 aromatic carbocycles. The first-order chi connectivity index (χ1) is 31.3. The third-order valence-corrected chi connectivity index (χ3v) is 13.1. The van der Waals surface area contributed by atoms with Crippen LogP contribution in [0.25, 0.3) is 0 Å². The summed E-state index contributed by atoms with van der Waals surface area (Å²) in [6.07, 6.45) is 10.4. The highest BCUT2D eigenvalue weighted by molar-refractivity contribution is 6.03. The van der Waals surface area contributed by atoms with Crippen molar-refractivity contribution in [1.82, 2.24) is 9.88 Å². The summed E-state index contributed by atoms with van der Waals surface area (Å²) in [7, 11) is 0. The van der Waals surface area contributed by atoms with E-state index < -0.39 is 30.1 Å². The molecule has 1 amide bonds. The molecule has 14 heteroatoms. The smallest absolute Gasteiger partial charge is 0.410 e. The van der Waals surface area contributed by atoms with Crippen molar-refractivity contribution in [1.29, 1.82) is 0 Å². The molecule has 64 heavy (non-hydrogen) atoms. The van der Waals surface area contributed by atoms with Gasteiger partial charge in [-0.2, -0.15) is 0 Å². The zero-order valence-corrected chi connectivity index (χ0v) is 37.2. The van der Waals surface area contributed by atoms with E-state index in [2.05, 4.69) is 23.7 Å². The Kier molecular flexibility index (Phi) is 15.1. The molecule has 0 bridgehead atoms. The minimum atomic E-state index is -1.47. The van der Waals surface area contributed by atoms with E-state index in [4.69, 9.17) is 43.2 Å². The van der Waals surface area contributed by atoms with Gasteiger partial charge in [-0.1, -0.05) is 42.3 Å². The van der Waals surface area contributed by atoms with Crippen molar-refractivity contribution in [3.05, 3.63) is 101 Å². The van der Waals surface area contributed by atoms with Gasteiger partial charge in [0.1, 0.15) is 24.1 Å². The topological polar surface area (TPSA) is 160 Å². The number of oxime groups is 1. The van der Waals surface area contributed by atoms with Crippen molar-refractivity contribution < 1.29 is 53.0 Å². The SMILES string of the molecule is C=CCO[C@@]12Oc3ccc(OCc4cccc(C)n4)cc3[C@H]3[C@H](CCCCO)[C@@H](CCCCO)C=C(C(=NOC4CCCCO4)C[C@@H]1N(Cc1ccc4c(c1)OCO4)C(=O)OCC)[C@H]32. The highest BCUT2D eigenvalue weighted by Gasteiger charge is 2.65. The summed E-state index contributed by atoms with van der Waals surface area (Å²) < 4.78 is 44.3. The molecule has 344 valence electrons. The molecule has 1 saturated carbocycles. The van der Waals surface area contributed by atoms with Crippen LogP contribution in [0, 0.1) is 24.7 Å². The van der Waals surface area contributed by atoms with Crippen molar-refractivity contribution in [2.45, 2.75) is 115 Å². The Morgan fingerprint density at radius 1 is 1.02 bits per heavy atom. The molecule has 14 nitrogen and oxygen atoms in total. The number of carbonyl (C=O) groups is 1. The zero-order chi connectivity index (χ0) is 44.5. The van der Waals surface area contributed by atoms with Gasteiger partial charge < -0.3 is 48.2 Å². The van der Waals surface area contributed by atoms with E-state index in [-0.39, 0.29) is 70.5 Å². The Bertz CT molecular complexity index is 2140. The standard InChI is InChI=1S/C50H63N3O11/c1-4-24-62-50-45(53(49(56)57-5-2)30-34-18-20-43-44(26-34)61-32-60-43)29-41(52-64-46-17-8-11-25-58-46)39-27-35(14-6-9-22-54)38(16-7-10-23-55)47(48(39)50)40-28-37(19-21-42(40)63-50)59-31-36-15-12-13-33(3)51-36/h4,12-13,15,18-21,26-28,35,38,45-48,54-55H,1,5-11,14,16-17,22-25,29-32H2,2-3H3/t35-,38+,45-,46?,47+,48+,50+/m0/s1. The summed E-state index contributed by atoms with van der Waals surface area (Å²) in [6.45, 7) is 9.40. The number of hydrogen-bond donors (Lipinski definition) is 2. The van der Waals surface area contributed by atoms with Crippen molar-refractivity contribution in [3.63, 3.8) is 0 Å². The van der Waals surface area contributed by atoms with Crippen molar-refractivity contribution in [2.24, 2.45) is 22.9 Å². The molecule has 7 atom stereocenters. The van der Waals surface area contributed by atoms with Gasteiger partial charge in [-0.15, -0.1) is 6.58 Å². The summed E-state index contributed by atoms with van der Waals surface area (Å²) in [5, 5.41) is 25.0. The first kappa shape index (κ1) is 45.4. The number of unbranched alkanes of at least 4 members (excludes halogenated alkanes) is 2. The highest BCUT2D eigenvalue weighted by atomic mass is 16.8. The third-order valence-electron chi connectivity index (χ3n) is 13.1. The molecule has 4 heterocycles. The molecule has 1 saturated heterocycles. The maximum absolute atomic E-state index is 14.6. The molecule has 2 fully saturated rings.